The molecule has 6 nitrogen and oxygen atoms in total. The molecule has 1 aromatic carbocycles. The molecule has 2 aromatic rings. The number of rotatable bonds is 4. The maximum absolute atomic E-state index is 10.6. The lowest BCUT2D eigenvalue weighted by Crippen LogP contribution is -2.33. The van der Waals surface area contributed by atoms with E-state index in [1.165, 1.54) is 0 Å². The van der Waals surface area contributed by atoms with Gasteiger partial charge in [-0.15, -0.1) is 0 Å². The summed E-state index contributed by atoms with van der Waals surface area (Å²) in [4.78, 5) is 6.49. The molecule has 1 aromatic heterocycles. The number of ether oxygens (including phenoxy) is 2. The highest BCUT2D eigenvalue weighted by molar-refractivity contribution is 5.51. The van der Waals surface area contributed by atoms with E-state index in [0.717, 1.165) is 22.6 Å². The molecule has 0 bridgehead atoms. The van der Waals surface area contributed by atoms with E-state index in [1.54, 1.807) is 20.4 Å². The zero-order chi connectivity index (χ0) is 18.2. The van der Waals surface area contributed by atoms with Gasteiger partial charge < -0.3 is 19.0 Å². The number of methoxy groups -OCH3 is 2. The Bertz CT molecular complexity index is 748. The van der Waals surface area contributed by atoms with Crippen LogP contribution in [0.4, 0.5) is 0 Å². The minimum Gasteiger partial charge on any atom is -0.496 e. The summed E-state index contributed by atoms with van der Waals surface area (Å²) < 4.78 is 16.8. The summed E-state index contributed by atoms with van der Waals surface area (Å²) in [6.07, 6.45) is 1.14. The molecular formula is C19H26N2O4. The van der Waals surface area contributed by atoms with Gasteiger partial charge in [-0.25, -0.2) is 4.98 Å². The molecule has 1 aliphatic heterocycles. The summed E-state index contributed by atoms with van der Waals surface area (Å²) in [7, 11) is 3.25. The molecule has 25 heavy (non-hydrogen) atoms. The van der Waals surface area contributed by atoms with Crippen molar-refractivity contribution in [3.8, 4) is 11.5 Å². The van der Waals surface area contributed by atoms with Crippen molar-refractivity contribution < 1.29 is 19.0 Å². The lowest BCUT2D eigenvalue weighted by molar-refractivity contribution is 0.0788. The van der Waals surface area contributed by atoms with E-state index in [0.29, 0.717) is 31.3 Å². The largest absolute Gasteiger partial charge is 0.496 e. The highest BCUT2D eigenvalue weighted by Crippen LogP contribution is 2.39. The summed E-state index contributed by atoms with van der Waals surface area (Å²) in [5.41, 5.74) is 1.68. The first-order valence-electron chi connectivity index (χ1n) is 8.43. The van der Waals surface area contributed by atoms with Crippen molar-refractivity contribution in [2.24, 2.45) is 0 Å². The van der Waals surface area contributed by atoms with Gasteiger partial charge in [0, 0.05) is 29.6 Å². The first-order valence-corrected chi connectivity index (χ1v) is 8.43. The molecule has 0 spiro atoms. The second-order valence-electron chi connectivity index (χ2n) is 7.42. The van der Waals surface area contributed by atoms with Gasteiger partial charge in [-0.05, 0) is 12.1 Å². The SMILES string of the molecule is COc1ccc(OC)c2c1CN(Cc1ncc(C(C)(C)C)o1)CC2O. The predicted molar refractivity (Wildman–Crippen MR) is 93.8 cm³/mol. The summed E-state index contributed by atoms with van der Waals surface area (Å²) in [6, 6.07) is 3.71. The number of aliphatic hydroxyl groups is 1. The number of oxazole rings is 1. The maximum Gasteiger partial charge on any atom is 0.208 e. The van der Waals surface area contributed by atoms with Crippen LogP contribution in [-0.2, 0) is 18.5 Å². The van der Waals surface area contributed by atoms with Crippen LogP contribution in [0, 0.1) is 0 Å². The zero-order valence-electron chi connectivity index (χ0n) is 15.5. The topological polar surface area (TPSA) is 68.0 Å². The molecule has 6 heteroatoms. The number of fused-ring (bicyclic) bond motifs is 1. The van der Waals surface area contributed by atoms with Crippen LogP contribution in [-0.4, -0.2) is 35.8 Å². The summed E-state index contributed by atoms with van der Waals surface area (Å²) in [5.74, 6) is 2.96. The number of benzene rings is 1. The molecule has 0 saturated carbocycles. The van der Waals surface area contributed by atoms with Crippen LogP contribution in [0.25, 0.3) is 0 Å². The van der Waals surface area contributed by atoms with Gasteiger partial charge in [0.1, 0.15) is 17.3 Å². The van der Waals surface area contributed by atoms with Crippen molar-refractivity contribution in [3.63, 3.8) is 0 Å². The summed E-state index contributed by atoms with van der Waals surface area (Å²) >= 11 is 0. The lowest BCUT2D eigenvalue weighted by atomic mass is 9.94. The quantitative estimate of drug-likeness (QED) is 0.918. The van der Waals surface area contributed by atoms with E-state index in [-0.39, 0.29) is 5.41 Å². The Kier molecular flexibility index (Phi) is 4.75. The van der Waals surface area contributed by atoms with Crippen molar-refractivity contribution in [3.05, 3.63) is 41.1 Å². The molecule has 1 N–H and O–H groups in total. The molecule has 0 fully saturated rings. The van der Waals surface area contributed by atoms with Gasteiger partial charge in [-0.2, -0.15) is 0 Å². The van der Waals surface area contributed by atoms with E-state index in [4.69, 9.17) is 13.9 Å². The fourth-order valence-corrected chi connectivity index (χ4v) is 3.19. The van der Waals surface area contributed by atoms with Crippen LogP contribution in [0.15, 0.2) is 22.7 Å². The Morgan fingerprint density at radius 3 is 2.52 bits per heavy atom. The normalized spacial score (nSPS) is 18.1. The summed E-state index contributed by atoms with van der Waals surface area (Å²) in [6.45, 7) is 7.94. The van der Waals surface area contributed by atoms with Crippen LogP contribution in [0.2, 0.25) is 0 Å². The van der Waals surface area contributed by atoms with E-state index in [1.807, 2.05) is 12.1 Å². The van der Waals surface area contributed by atoms with Crippen LogP contribution in [0.3, 0.4) is 0 Å². The standard InChI is InChI=1S/C19H26N2O4/c1-19(2,3)16-8-20-17(25-16)11-21-9-12-14(23-4)6-7-15(24-5)18(12)13(22)10-21/h6-8,13,22H,9-11H2,1-5H3. The Morgan fingerprint density at radius 1 is 1.24 bits per heavy atom. The van der Waals surface area contributed by atoms with Gasteiger partial charge in [0.2, 0.25) is 5.89 Å². The molecule has 0 saturated heterocycles. The number of hydrogen-bond donors (Lipinski definition) is 1. The van der Waals surface area contributed by atoms with Gasteiger partial charge in [-0.1, -0.05) is 20.8 Å². The van der Waals surface area contributed by atoms with E-state index < -0.39 is 6.10 Å². The van der Waals surface area contributed by atoms with Crippen LogP contribution < -0.4 is 9.47 Å². The number of aromatic nitrogens is 1. The smallest absolute Gasteiger partial charge is 0.208 e. The van der Waals surface area contributed by atoms with E-state index >= 15 is 0 Å². The Labute approximate surface area is 148 Å². The van der Waals surface area contributed by atoms with Crippen molar-refractivity contribution in [1.82, 2.24) is 9.88 Å². The Balaban J connectivity index is 1.85. The van der Waals surface area contributed by atoms with Gasteiger partial charge in [0.15, 0.2) is 0 Å². The minimum atomic E-state index is -0.647. The molecule has 1 atom stereocenters. The molecule has 0 amide bonds. The third-order valence-corrected chi connectivity index (χ3v) is 4.51. The molecule has 0 aliphatic carbocycles. The first-order chi connectivity index (χ1) is 11.8. The van der Waals surface area contributed by atoms with Gasteiger partial charge in [-0.3, -0.25) is 4.90 Å². The molecular weight excluding hydrogens is 320 g/mol. The second kappa shape index (κ2) is 6.69. The zero-order valence-corrected chi connectivity index (χ0v) is 15.5. The van der Waals surface area contributed by atoms with Gasteiger partial charge >= 0.3 is 0 Å². The van der Waals surface area contributed by atoms with Crippen molar-refractivity contribution in [2.45, 2.75) is 45.4 Å². The average molecular weight is 346 g/mol. The van der Waals surface area contributed by atoms with Crippen LogP contribution in [0.1, 0.15) is 49.7 Å². The molecule has 1 unspecified atom stereocenters. The van der Waals surface area contributed by atoms with Crippen LogP contribution >= 0.6 is 0 Å². The van der Waals surface area contributed by atoms with Crippen LogP contribution in [0.5, 0.6) is 11.5 Å². The molecule has 2 heterocycles. The van der Waals surface area contributed by atoms with Gasteiger partial charge in [0.25, 0.3) is 0 Å². The number of aliphatic hydroxyl groups excluding tert-OH is 1. The highest BCUT2D eigenvalue weighted by Gasteiger charge is 2.30. The highest BCUT2D eigenvalue weighted by atomic mass is 16.5. The fourth-order valence-electron chi connectivity index (χ4n) is 3.19. The Morgan fingerprint density at radius 2 is 1.92 bits per heavy atom. The van der Waals surface area contributed by atoms with E-state index in [9.17, 15) is 5.11 Å². The van der Waals surface area contributed by atoms with Crippen molar-refractivity contribution >= 4 is 0 Å². The summed E-state index contributed by atoms with van der Waals surface area (Å²) in [5, 5.41) is 10.6. The number of hydrogen-bond acceptors (Lipinski definition) is 6. The molecule has 0 radical (unpaired) electrons. The van der Waals surface area contributed by atoms with Crippen molar-refractivity contribution in [2.75, 3.05) is 20.8 Å². The fraction of sp³-hybridized carbons (Fsp3) is 0.526. The monoisotopic (exact) mass is 346 g/mol. The van der Waals surface area contributed by atoms with Crippen molar-refractivity contribution in [1.29, 1.82) is 0 Å². The predicted octanol–water partition coefficient (Wildman–Crippen LogP) is 3.04. The number of nitrogens with zero attached hydrogens (tertiary/aromatic N) is 2. The van der Waals surface area contributed by atoms with Gasteiger partial charge in [0.05, 0.1) is 33.1 Å². The minimum absolute atomic E-state index is 0.0736. The second-order valence-corrected chi connectivity index (χ2v) is 7.42. The lowest BCUT2D eigenvalue weighted by Gasteiger charge is -2.33. The third kappa shape index (κ3) is 3.50. The molecule has 3 rings (SSSR count). The number of β-amino-alcohol motifs (C(OH)–C–C–N with tert-alkyl or cyclic N) is 1. The van der Waals surface area contributed by atoms with E-state index in [2.05, 4.69) is 30.7 Å². The molecule has 1 aliphatic rings. The average Bonchev–Trinajstić information content (AvgIpc) is 3.02. The third-order valence-electron chi connectivity index (χ3n) is 4.51. The Hall–Kier alpha value is -2.05. The first kappa shape index (κ1) is 17.8. The molecule has 136 valence electrons. The maximum atomic E-state index is 10.6.